The number of fused-ring (bicyclic) bond motifs is 1. The fourth-order valence-electron chi connectivity index (χ4n) is 3.24. The quantitative estimate of drug-likeness (QED) is 0.409. The first-order valence-electron chi connectivity index (χ1n) is 9.65. The summed E-state index contributed by atoms with van der Waals surface area (Å²) in [4.78, 5) is 0. The van der Waals surface area contributed by atoms with Gasteiger partial charge in [0.1, 0.15) is 16.9 Å². The van der Waals surface area contributed by atoms with E-state index in [9.17, 15) is 10.2 Å². The summed E-state index contributed by atoms with van der Waals surface area (Å²) in [6, 6.07) is 12.8. The molecule has 4 rings (SSSR count). The molecule has 0 aliphatic heterocycles. The predicted molar refractivity (Wildman–Crippen MR) is 114 cm³/mol. The van der Waals surface area contributed by atoms with Crippen molar-refractivity contribution in [1.82, 2.24) is 10.2 Å². The largest absolute Gasteiger partial charge is 0.459 e. The molecule has 0 saturated carbocycles. The van der Waals surface area contributed by atoms with Crippen molar-refractivity contribution in [2.24, 2.45) is 5.73 Å². The summed E-state index contributed by atoms with van der Waals surface area (Å²) in [7, 11) is 0. The van der Waals surface area contributed by atoms with Gasteiger partial charge in [0.15, 0.2) is 0 Å². The third-order valence-electron chi connectivity index (χ3n) is 5.06. The Balaban J connectivity index is 1.65. The SMILES string of the molecule is CCCc1ccc(-c2nnc(-c3ccc4oc(C(N)(CO)CO)cc4c3)o2)cc1Cl. The van der Waals surface area contributed by atoms with Gasteiger partial charge in [-0.05, 0) is 48.4 Å². The first kappa shape index (κ1) is 20.6. The molecule has 2 aromatic carbocycles. The molecule has 7 nitrogen and oxygen atoms in total. The molecule has 0 spiro atoms. The van der Waals surface area contributed by atoms with Crippen LogP contribution in [-0.2, 0) is 12.0 Å². The number of benzene rings is 2. The van der Waals surface area contributed by atoms with E-state index in [4.69, 9.17) is 26.2 Å². The minimum absolute atomic E-state index is 0.299. The number of hydrogen-bond donors (Lipinski definition) is 3. The van der Waals surface area contributed by atoms with Crippen LogP contribution in [0.3, 0.4) is 0 Å². The first-order chi connectivity index (χ1) is 14.5. The van der Waals surface area contributed by atoms with Crippen LogP contribution in [0.5, 0.6) is 0 Å². The van der Waals surface area contributed by atoms with Crippen LogP contribution in [-0.4, -0.2) is 33.6 Å². The molecule has 4 N–H and O–H groups in total. The Labute approximate surface area is 178 Å². The lowest BCUT2D eigenvalue weighted by atomic mass is 10.00. The molecule has 0 unspecified atom stereocenters. The van der Waals surface area contributed by atoms with Crippen molar-refractivity contribution >= 4 is 22.6 Å². The topological polar surface area (TPSA) is 119 Å². The first-order valence-corrected chi connectivity index (χ1v) is 10.0. The van der Waals surface area contributed by atoms with Crippen LogP contribution in [0.15, 0.2) is 51.3 Å². The maximum atomic E-state index is 9.49. The Morgan fingerprint density at radius 1 is 0.967 bits per heavy atom. The second-order valence-corrected chi connectivity index (χ2v) is 7.71. The van der Waals surface area contributed by atoms with E-state index in [0.717, 1.165) is 29.4 Å². The second kappa shape index (κ2) is 8.20. The van der Waals surface area contributed by atoms with Crippen LogP contribution >= 0.6 is 11.6 Å². The van der Waals surface area contributed by atoms with Gasteiger partial charge in [-0.2, -0.15) is 0 Å². The monoisotopic (exact) mass is 427 g/mol. The normalized spacial score (nSPS) is 12.0. The summed E-state index contributed by atoms with van der Waals surface area (Å²) in [5.74, 6) is 1.03. The summed E-state index contributed by atoms with van der Waals surface area (Å²) < 4.78 is 11.6. The fourth-order valence-corrected chi connectivity index (χ4v) is 3.51. The molecule has 8 heteroatoms. The number of nitrogens with two attached hydrogens (primary N) is 1. The lowest BCUT2D eigenvalue weighted by molar-refractivity contribution is 0.105. The van der Waals surface area contributed by atoms with E-state index < -0.39 is 18.8 Å². The molecule has 0 aliphatic rings. The highest BCUT2D eigenvalue weighted by molar-refractivity contribution is 6.31. The van der Waals surface area contributed by atoms with Crippen LogP contribution in [0.25, 0.3) is 33.9 Å². The Hall–Kier alpha value is -2.71. The van der Waals surface area contributed by atoms with E-state index in [1.807, 2.05) is 24.3 Å². The van der Waals surface area contributed by atoms with Crippen LogP contribution in [0, 0.1) is 0 Å². The highest BCUT2D eigenvalue weighted by Gasteiger charge is 2.30. The number of hydrogen-bond acceptors (Lipinski definition) is 7. The summed E-state index contributed by atoms with van der Waals surface area (Å²) in [5, 5.41) is 28.7. The average molecular weight is 428 g/mol. The summed E-state index contributed by atoms with van der Waals surface area (Å²) in [6.07, 6.45) is 1.93. The zero-order valence-electron chi connectivity index (χ0n) is 16.4. The molecule has 0 amide bonds. The van der Waals surface area contributed by atoms with Gasteiger partial charge in [-0.25, -0.2) is 0 Å². The van der Waals surface area contributed by atoms with E-state index in [-0.39, 0.29) is 0 Å². The molecule has 0 radical (unpaired) electrons. The third-order valence-corrected chi connectivity index (χ3v) is 5.41. The van der Waals surface area contributed by atoms with Gasteiger partial charge in [-0.3, -0.25) is 0 Å². The highest BCUT2D eigenvalue weighted by Crippen LogP contribution is 2.32. The van der Waals surface area contributed by atoms with Gasteiger partial charge >= 0.3 is 0 Å². The van der Waals surface area contributed by atoms with Crippen molar-refractivity contribution in [3.05, 3.63) is 58.8 Å². The number of nitrogens with zero attached hydrogens (tertiary/aromatic N) is 2. The fraction of sp³-hybridized carbons (Fsp3) is 0.273. The average Bonchev–Trinajstić information content (AvgIpc) is 3.42. The van der Waals surface area contributed by atoms with Gasteiger partial charge in [0.05, 0.1) is 13.2 Å². The maximum absolute atomic E-state index is 9.49. The van der Waals surface area contributed by atoms with Gasteiger partial charge < -0.3 is 24.8 Å². The summed E-state index contributed by atoms with van der Waals surface area (Å²) in [6.45, 7) is 1.22. The smallest absolute Gasteiger partial charge is 0.248 e. The van der Waals surface area contributed by atoms with Crippen LogP contribution in [0.1, 0.15) is 24.7 Å². The molecule has 2 aromatic heterocycles. The zero-order chi connectivity index (χ0) is 21.3. The van der Waals surface area contributed by atoms with E-state index in [1.54, 1.807) is 18.2 Å². The molecule has 0 aliphatic carbocycles. The summed E-state index contributed by atoms with van der Waals surface area (Å²) >= 11 is 6.36. The van der Waals surface area contributed by atoms with Crippen molar-refractivity contribution in [2.45, 2.75) is 25.3 Å². The van der Waals surface area contributed by atoms with Crippen molar-refractivity contribution in [1.29, 1.82) is 0 Å². The van der Waals surface area contributed by atoms with Gasteiger partial charge in [-0.1, -0.05) is 31.0 Å². The van der Waals surface area contributed by atoms with Gasteiger partial charge in [0.25, 0.3) is 0 Å². The van der Waals surface area contributed by atoms with Crippen LogP contribution < -0.4 is 5.73 Å². The lowest BCUT2D eigenvalue weighted by Crippen LogP contribution is -2.43. The molecule has 156 valence electrons. The van der Waals surface area contributed by atoms with Gasteiger partial charge in [0.2, 0.25) is 11.8 Å². The highest BCUT2D eigenvalue weighted by atomic mass is 35.5. The van der Waals surface area contributed by atoms with Crippen molar-refractivity contribution in [3.63, 3.8) is 0 Å². The van der Waals surface area contributed by atoms with E-state index in [2.05, 4.69) is 17.1 Å². The molecule has 0 saturated heterocycles. The predicted octanol–water partition coefficient (Wildman–Crippen LogP) is 3.89. The number of aryl methyl sites for hydroxylation is 1. The summed E-state index contributed by atoms with van der Waals surface area (Å²) in [5.41, 5.74) is 7.77. The molecular formula is C22H22ClN3O4. The molecule has 2 heterocycles. The molecule has 0 fully saturated rings. The minimum Gasteiger partial charge on any atom is -0.459 e. The number of rotatable bonds is 7. The van der Waals surface area contributed by atoms with E-state index in [0.29, 0.717) is 33.7 Å². The Morgan fingerprint density at radius 3 is 2.27 bits per heavy atom. The zero-order valence-corrected chi connectivity index (χ0v) is 17.2. The number of aromatic nitrogens is 2. The van der Waals surface area contributed by atoms with Crippen molar-refractivity contribution in [2.75, 3.05) is 13.2 Å². The van der Waals surface area contributed by atoms with Crippen molar-refractivity contribution in [3.8, 4) is 22.9 Å². The number of aliphatic hydroxyl groups is 2. The Kier molecular flexibility index (Phi) is 5.62. The molecule has 30 heavy (non-hydrogen) atoms. The third kappa shape index (κ3) is 3.73. The Bertz CT molecular complexity index is 1180. The molecule has 4 aromatic rings. The van der Waals surface area contributed by atoms with Crippen LogP contribution in [0.4, 0.5) is 0 Å². The number of furan rings is 1. The van der Waals surface area contributed by atoms with E-state index in [1.165, 1.54) is 0 Å². The number of aliphatic hydroxyl groups excluding tert-OH is 2. The minimum atomic E-state index is -1.35. The lowest BCUT2D eigenvalue weighted by Gasteiger charge is -2.21. The molecule has 0 atom stereocenters. The second-order valence-electron chi connectivity index (χ2n) is 7.30. The van der Waals surface area contributed by atoms with Gasteiger partial charge in [-0.15, -0.1) is 10.2 Å². The maximum Gasteiger partial charge on any atom is 0.248 e. The molecular weight excluding hydrogens is 406 g/mol. The van der Waals surface area contributed by atoms with Gasteiger partial charge in [0, 0.05) is 21.5 Å². The molecule has 0 bridgehead atoms. The van der Waals surface area contributed by atoms with Crippen molar-refractivity contribution < 1.29 is 19.0 Å². The Morgan fingerprint density at radius 2 is 1.63 bits per heavy atom. The number of halogens is 1. The van der Waals surface area contributed by atoms with E-state index >= 15 is 0 Å². The van der Waals surface area contributed by atoms with Crippen LogP contribution in [0.2, 0.25) is 5.02 Å². The standard InChI is InChI=1S/C22H22ClN3O4/c1-2-3-13-4-5-15(9-17(13)23)21-26-25-20(30-21)14-6-7-18-16(8-14)10-19(29-18)22(24,11-27)12-28/h4-10,27-28H,2-3,11-12,24H2,1H3.